The van der Waals surface area contributed by atoms with E-state index >= 15 is 0 Å². The molecule has 2 N–H and O–H groups in total. The topological polar surface area (TPSA) is 61.3 Å². The van der Waals surface area contributed by atoms with Crippen molar-refractivity contribution >= 4 is 0 Å². The second-order valence-electron chi connectivity index (χ2n) is 4.06. The van der Waals surface area contributed by atoms with Crippen molar-refractivity contribution in [3.05, 3.63) is 46.6 Å². The normalized spacial score (nSPS) is 10.7. The van der Waals surface area contributed by atoms with Crippen molar-refractivity contribution in [3.8, 4) is 5.75 Å². The molecule has 0 aliphatic carbocycles. The number of aromatic nitrogens is 1. The molecule has 0 aliphatic heterocycles. The first-order valence-corrected chi connectivity index (χ1v) is 5.65. The summed E-state index contributed by atoms with van der Waals surface area (Å²) in [4.78, 5) is 0. The van der Waals surface area contributed by atoms with Gasteiger partial charge >= 0.3 is 0 Å². The van der Waals surface area contributed by atoms with Gasteiger partial charge in [-0.15, -0.1) is 0 Å². The molecule has 0 spiro atoms. The number of ether oxygens (including phenoxy) is 1. The van der Waals surface area contributed by atoms with Gasteiger partial charge in [0, 0.05) is 6.54 Å². The second kappa shape index (κ2) is 5.18. The Hall–Kier alpha value is -1.88. The molecule has 96 valence electrons. The van der Waals surface area contributed by atoms with Gasteiger partial charge in [-0.1, -0.05) is 11.2 Å². The summed E-state index contributed by atoms with van der Waals surface area (Å²) in [7, 11) is 0. The van der Waals surface area contributed by atoms with Gasteiger partial charge < -0.3 is 15.0 Å². The van der Waals surface area contributed by atoms with Gasteiger partial charge in [-0.25, -0.2) is 4.39 Å². The SMILES string of the molecule is Cc1noc(C)c1COc1ccc(CN)cc1F. The Balaban J connectivity index is 2.11. The molecule has 1 heterocycles. The van der Waals surface area contributed by atoms with Crippen molar-refractivity contribution < 1.29 is 13.7 Å². The molecular formula is C13H15FN2O2. The van der Waals surface area contributed by atoms with Gasteiger partial charge in [0.2, 0.25) is 0 Å². The fourth-order valence-corrected chi connectivity index (χ4v) is 1.65. The third-order valence-electron chi connectivity index (χ3n) is 2.79. The zero-order valence-corrected chi connectivity index (χ0v) is 10.4. The average Bonchev–Trinajstić information content (AvgIpc) is 2.68. The molecule has 2 aromatic rings. The predicted molar refractivity (Wildman–Crippen MR) is 64.6 cm³/mol. The molecule has 1 aromatic heterocycles. The molecule has 5 heteroatoms. The molecule has 2 rings (SSSR count). The highest BCUT2D eigenvalue weighted by Gasteiger charge is 2.11. The van der Waals surface area contributed by atoms with E-state index in [0.29, 0.717) is 12.3 Å². The Morgan fingerprint density at radius 1 is 1.39 bits per heavy atom. The monoisotopic (exact) mass is 250 g/mol. The van der Waals surface area contributed by atoms with Crippen LogP contribution in [0.2, 0.25) is 0 Å². The number of halogens is 1. The molecule has 0 unspecified atom stereocenters. The summed E-state index contributed by atoms with van der Waals surface area (Å²) in [6.45, 7) is 4.16. The van der Waals surface area contributed by atoms with Gasteiger partial charge in [-0.2, -0.15) is 0 Å². The van der Waals surface area contributed by atoms with Gasteiger partial charge in [0.15, 0.2) is 11.6 Å². The Morgan fingerprint density at radius 3 is 2.72 bits per heavy atom. The number of hydrogen-bond donors (Lipinski definition) is 1. The highest BCUT2D eigenvalue weighted by Crippen LogP contribution is 2.21. The van der Waals surface area contributed by atoms with Gasteiger partial charge in [0.05, 0.1) is 11.3 Å². The fourth-order valence-electron chi connectivity index (χ4n) is 1.65. The molecule has 18 heavy (non-hydrogen) atoms. The summed E-state index contributed by atoms with van der Waals surface area (Å²) in [6.07, 6.45) is 0. The lowest BCUT2D eigenvalue weighted by Gasteiger charge is -2.07. The van der Waals surface area contributed by atoms with E-state index in [0.717, 1.165) is 16.8 Å². The summed E-state index contributed by atoms with van der Waals surface area (Å²) in [5, 5.41) is 3.81. The van der Waals surface area contributed by atoms with E-state index in [1.807, 2.05) is 6.92 Å². The third kappa shape index (κ3) is 2.51. The zero-order chi connectivity index (χ0) is 13.1. The van der Waals surface area contributed by atoms with Crippen LogP contribution in [0.5, 0.6) is 5.75 Å². The summed E-state index contributed by atoms with van der Waals surface area (Å²) in [6, 6.07) is 4.70. The van der Waals surface area contributed by atoms with Crippen molar-refractivity contribution in [1.82, 2.24) is 5.16 Å². The van der Waals surface area contributed by atoms with E-state index in [-0.39, 0.29) is 12.4 Å². The van der Waals surface area contributed by atoms with E-state index in [1.165, 1.54) is 6.07 Å². The molecule has 0 saturated heterocycles. The maximum Gasteiger partial charge on any atom is 0.165 e. The van der Waals surface area contributed by atoms with Crippen LogP contribution in [0.15, 0.2) is 22.7 Å². The van der Waals surface area contributed by atoms with E-state index in [1.54, 1.807) is 19.1 Å². The lowest BCUT2D eigenvalue weighted by molar-refractivity contribution is 0.286. The van der Waals surface area contributed by atoms with Crippen molar-refractivity contribution in [3.63, 3.8) is 0 Å². The first kappa shape index (κ1) is 12.6. The van der Waals surface area contributed by atoms with Crippen LogP contribution in [-0.2, 0) is 13.2 Å². The van der Waals surface area contributed by atoms with Gasteiger partial charge in [0.1, 0.15) is 12.4 Å². The Bertz CT molecular complexity index is 532. The minimum Gasteiger partial charge on any atom is -0.486 e. The minimum absolute atomic E-state index is 0.201. The minimum atomic E-state index is -0.412. The van der Waals surface area contributed by atoms with Crippen LogP contribution in [0.4, 0.5) is 4.39 Å². The highest BCUT2D eigenvalue weighted by atomic mass is 19.1. The van der Waals surface area contributed by atoms with Crippen LogP contribution in [0.3, 0.4) is 0 Å². The maximum absolute atomic E-state index is 13.6. The molecule has 0 amide bonds. The number of nitrogens with two attached hydrogens (primary N) is 1. The molecule has 0 saturated carbocycles. The Labute approximate surface area is 105 Å². The fraction of sp³-hybridized carbons (Fsp3) is 0.308. The number of benzene rings is 1. The van der Waals surface area contributed by atoms with Gasteiger partial charge in [0.25, 0.3) is 0 Å². The standard InChI is InChI=1S/C13H15FN2O2/c1-8-11(9(2)18-16-8)7-17-13-4-3-10(6-15)5-12(13)14/h3-5H,6-7,15H2,1-2H3. The summed E-state index contributed by atoms with van der Waals surface area (Å²) >= 11 is 0. The smallest absolute Gasteiger partial charge is 0.165 e. The van der Waals surface area contributed by atoms with Gasteiger partial charge in [-0.3, -0.25) is 0 Å². The first-order valence-electron chi connectivity index (χ1n) is 5.65. The molecule has 0 radical (unpaired) electrons. The zero-order valence-electron chi connectivity index (χ0n) is 10.4. The van der Waals surface area contributed by atoms with Crippen molar-refractivity contribution in [2.45, 2.75) is 27.0 Å². The molecule has 0 aliphatic rings. The first-order chi connectivity index (χ1) is 8.61. The van der Waals surface area contributed by atoms with Crippen LogP contribution in [-0.4, -0.2) is 5.16 Å². The Kier molecular flexibility index (Phi) is 3.62. The number of hydrogen-bond acceptors (Lipinski definition) is 4. The van der Waals surface area contributed by atoms with Crippen molar-refractivity contribution in [1.29, 1.82) is 0 Å². The van der Waals surface area contributed by atoms with Crippen molar-refractivity contribution in [2.75, 3.05) is 0 Å². The largest absolute Gasteiger partial charge is 0.486 e. The predicted octanol–water partition coefficient (Wildman–Crippen LogP) is 2.47. The number of rotatable bonds is 4. The van der Waals surface area contributed by atoms with Crippen LogP contribution in [0.1, 0.15) is 22.6 Å². The molecule has 0 atom stereocenters. The summed E-state index contributed by atoms with van der Waals surface area (Å²) in [5.74, 6) is 0.475. The van der Waals surface area contributed by atoms with E-state index < -0.39 is 5.82 Å². The van der Waals surface area contributed by atoms with Crippen LogP contribution in [0, 0.1) is 19.7 Å². The molecular weight excluding hydrogens is 235 g/mol. The summed E-state index contributed by atoms with van der Waals surface area (Å²) < 4.78 is 24.1. The van der Waals surface area contributed by atoms with E-state index in [4.69, 9.17) is 15.0 Å². The molecule has 1 aromatic carbocycles. The third-order valence-corrected chi connectivity index (χ3v) is 2.79. The highest BCUT2D eigenvalue weighted by molar-refractivity contribution is 5.30. The maximum atomic E-state index is 13.6. The van der Waals surface area contributed by atoms with Gasteiger partial charge in [-0.05, 0) is 31.5 Å². The quantitative estimate of drug-likeness (QED) is 0.905. The molecule has 0 fully saturated rings. The van der Waals surface area contributed by atoms with E-state index in [2.05, 4.69) is 5.16 Å². The second-order valence-corrected chi connectivity index (χ2v) is 4.06. The average molecular weight is 250 g/mol. The van der Waals surface area contributed by atoms with E-state index in [9.17, 15) is 4.39 Å². The molecule has 0 bridgehead atoms. The Morgan fingerprint density at radius 2 is 2.17 bits per heavy atom. The number of nitrogens with zero attached hydrogens (tertiary/aromatic N) is 1. The number of aryl methyl sites for hydroxylation is 2. The molecule has 4 nitrogen and oxygen atoms in total. The van der Waals surface area contributed by atoms with Crippen LogP contribution < -0.4 is 10.5 Å². The lowest BCUT2D eigenvalue weighted by Crippen LogP contribution is -2.01. The summed E-state index contributed by atoms with van der Waals surface area (Å²) in [5.41, 5.74) is 7.77. The van der Waals surface area contributed by atoms with Crippen molar-refractivity contribution in [2.24, 2.45) is 5.73 Å². The lowest BCUT2D eigenvalue weighted by atomic mass is 10.2. The van der Waals surface area contributed by atoms with Crippen LogP contribution in [0.25, 0.3) is 0 Å². The van der Waals surface area contributed by atoms with Crippen LogP contribution >= 0.6 is 0 Å².